The van der Waals surface area contributed by atoms with Crippen LogP contribution in [-0.2, 0) is 4.79 Å². The van der Waals surface area contributed by atoms with E-state index >= 15 is 0 Å². The molecule has 2 saturated carbocycles. The van der Waals surface area contributed by atoms with Crippen molar-refractivity contribution in [2.75, 3.05) is 26.2 Å². The lowest BCUT2D eigenvalue weighted by molar-refractivity contribution is -0.138. The summed E-state index contributed by atoms with van der Waals surface area (Å²) in [7, 11) is 0. The SMILES string of the molecule is O=C(c1ccncc1)N1CCN(C(=O)[C@@H]2C[C@H]3CC[C@H]2C3)CC1. The molecule has 2 aliphatic carbocycles. The number of pyridine rings is 1. The molecule has 3 atom stereocenters. The molecule has 0 spiro atoms. The summed E-state index contributed by atoms with van der Waals surface area (Å²) in [4.78, 5) is 33.0. The third-order valence-corrected chi connectivity index (χ3v) is 5.86. The fourth-order valence-corrected chi connectivity index (χ4v) is 4.59. The maximum Gasteiger partial charge on any atom is 0.254 e. The number of nitrogens with zero attached hydrogens (tertiary/aromatic N) is 3. The minimum absolute atomic E-state index is 0.0411. The fourth-order valence-electron chi connectivity index (χ4n) is 4.59. The van der Waals surface area contributed by atoms with Gasteiger partial charge >= 0.3 is 0 Å². The van der Waals surface area contributed by atoms with E-state index in [0.717, 1.165) is 12.3 Å². The summed E-state index contributed by atoms with van der Waals surface area (Å²) in [5.74, 6) is 2.07. The Kier molecular flexibility index (Phi) is 3.79. The van der Waals surface area contributed by atoms with Crippen molar-refractivity contribution < 1.29 is 9.59 Å². The molecule has 122 valence electrons. The number of rotatable bonds is 2. The van der Waals surface area contributed by atoms with Crippen molar-refractivity contribution >= 4 is 11.8 Å². The molecule has 0 aromatic carbocycles. The number of hydrogen-bond donors (Lipinski definition) is 0. The molecule has 3 fully saturated rings. The first-order chi connectivity index (χ1) is 11.2. The normalized spacial score (nSPS) is 29.8. The van der Waals surface area contributed by atoms with Crippen molar-refractivity contribution in [2.45, 2.75) is 25.7 Å². The number of carbonyl (C=O) groups excluding carboxylic acids is 2. The fraction of sp³-hybridized carbons (Fsp3) is 0.611. The van der Waals surface area contributed by atoms with Crippen LogP contribution in [0.1, 0.15) is 36.0 Å². The third kappa shape index (κ3) is 2.73. The van der Waals surface area contributed by atoms with E-state index in [2.05, 4.69) is 4.98 Å². The van der Waals surface area contributed by atoms with Crippen LogP contribution in [0.25, 0.3) is 0 Å². The summed E-state index contributed by atoms with van der Waals surface area (Å²) in [6.45, 7) is 2.61. The molecule has 5 nitrogen and oxygen atoms in total. The summed E-state index contributed by atoms with van der Waals surface area (Å²) in [6.07, 6.45) is 8.20. The van der Waals surface area contributed by atoms with Gasteiger partial charge in [0.2, 0.25) is 5.91 Å². The Balaban J connectivity index is 1.34. The molecular formula is C18H23N3O2. The summed E-state index contributed by atoms with van der Waals surface area (Å²) < 4.78 is 0. The molecule has 23 heavy (non-hydrogen) atoms. The predicted octanol–water partition coefficient (Wildman–Crippen LogP) is 1.80. The smallest absolute Gasteiger partial charge is 0.254 e. The minimum Gasteiger partial charge on any atom is -0.339 e. The summed E-state index contributed by atoms with van der Waals surface area (Å²) in [5.41, 5.74) is 0.674. The van der Waals surface area contributed by atoms with Gasteiger partial charge in [0.15, 0.2) is 0 Å². The van der Waals surface area contributed by atoms with E-state index in [1.54, 1.807) is 24.5 Å². The number of carbonyl (C=O) groups is 2. The maximum atomic E-state index is 12.8. The van der Waals surface area contributed by atoms with Crippen molar-refractivity contribution in [1.82, 2.24) is 14.8 Å². The average Bonchev–Trinajstić information content (AvgIpc) is 3.25. The highest BCUT2D eigenvalue weighted by Gasteiger charge is 2.44. The van der Waals surface area contributed by atoms with Gasteiger partial charge in [-0.05, 0) is 43.2 Å². The number of fused-ring (bicyclic) bond motifs is 2. The standard InChI is InChI=1S/C18H23N3O2/c22-17(14-3-5-19-6-4-14)20-7-9-21(10-8-20)18(23)16-12-13-1-2-15(16)11-13/h3-6,13,15-16H,1-2,7-12H2/t13-,15-,16+/m0/s1. The zero-order valence-corrected chi connectivity index (χ0v) is 13.4. The van der Waals surface area contributed by atoms with Crippen LogP contribution in [0.2, 0.25) is 0 Å². The molecule has 1 aromatic rings. The van der Waals surface area contributed by atoms with Crippen LogP contribution < -0.4 is 0 Å². The van der Waals surface area contributed by atoms with Crippen LogP contribution >= 0.6 is 0 Å². The topological polar surface area (TPSA) is 53.5 Å². The highest BCUT2D eigenvalue weighted by molar-refractivity contribution is 5.94. The monoisotopic (exact) mass is 313 g/mol. The van der Waals surface area contributed by atoms with E-state index in [0.29, 0.717) is 43.6 Å². The zero-order valence-electron chi connectivity index (χ0n) is 13.4. The number of piperazine rings is 1. The van der Waals surface area contributed by atoms with Crippen molar-refractivity contribution in [3.63, 3.8) is 0 Å². The molecule has 4 rings (SSSR count). The number of hydrogen-bond acceptors (Lipinski definition) is 3. The molecule has 2 bridgehead atoms. The summed E-state index contributed by atoms with van der Waals surface area (Å²) in [5, 5.41) is 0. The quantitative estimate of drug-likeness (QED) is 0.836. The van der Waals surface area contributed by atoms with E-state index in [-0.39, 0.29) is 11.8 Å². The second-order valence-electron chi connectivity index (χ2n) is 7.13. The molecule has 0 N–H and O–H groups in total. The van der Waals surface area contributed by atoms with Gasteiger partial charge in [0.05, 0.1) is 0 Å². The van der Waals surface area contributed by atoms with Gasteiger partial charge in [0, 0.05) is 50.1 Å². The summed E-state index contributed by atoms with van der Waals surface area (Å²) >= 11 is 0. The van der Waals surface area contributed by atoms with Gasteiger partial charge < -0.3 is 9.80 Å². The Morgan fingerprint density at radius 3 is 2.26 bits per heavy atom. The highest BCUT2D eigenvalue weighted by Crippen LogP contribution is 2.48. The van der Waals surface area contributed by atoms with Crippen molar-refractivity contribution in [3.8, 4) is 0 Å². The predicted molar refractivity (Wildman–Crippen MR) is 85.7 cm³/mol. The molecular weight excluding hydrogens is 290 g/mol. The molecule has 1 aliphatic heterocycles. The van der Waals surface area contributed by atoms with Crippen molar-refractivity contribution in [2.24, 2.45) is 17.8 Å². The Morgan fingerprint density at radius 1 is 0.957 bits per heavy atom. The number of aromatic nitrogens is 1. The lowest BCUT2D eigenvalue weighted by atomic mass is 9.87. The van der Waals surface area contributed by atoms with E-state index in [4.69, 9.17) is 0 Å². The molecule has 1 saturated heterocycles. The first-order valence-corrected chi connectivity index (χ1v) is 8.70. The van der Waals surface area contributed by atoms with Gasteiger partial charge in [-0.25, -0.2) is 0 Å². The molecule has 5 heteroatoms. The Bertz CT molecular complexity index is 596. The van der Waals surface area contributed by atoms with E-state index in [1.165, 1.54) is 19.3 Å². The molecule has 3 aliphatic rings. The van der Waals surface area contributed by atoms with Crippen LogP contribution in [0, 0.1) is 17.8 Å². The van der Waals surface area contributed by atoms with Gasteiger partial charge in [0.25, 0.3) is 5.91 Å². The van der Waals surface area contributed by atoms with Crippen LogP contribution in [0.3, 0.4) is 0 Å². The molecule has 1 aromatic heterocycles. The Morgan fingerprint density at radius 2 is 1.65 bits per heavy atom. The Labute approximate surface area is 136 Å². The third-order valence-electron chi connectivity index (χ3n) is 5.86. The lowest BCUT2D eigenvalue weighted by Crippen LogP contribution is -2.52. The van der Waals surface area contributed by atoms with Gasteiger partial charge in [-0.2, -0.15) is 0 Å². The van der Waals surface area contributed by atoms with E-state index < -0.39 is 0 Å². The van der Waals surface area contributed by atoms with Gasteiger partial charge in [-0.1, -0.05) is 6.42 Å². The molecule has 2 heterocycles. The average molecular weight is 313 g/mol. The largest absolute Gasteiger partial charge is 0.339 e. The van der Waals surface area contributed by atoms with Gasteiger partial charge in [-0.3, -0.25) is 14.6 Å². The van der Waals surface area contributed by atoms with Crippen LogP contribution in [0.5, 0.6) is 0 Å². The van der Waals surface area contributed by atoms with Gasteiger partial charge in [0.1, 0.15) is 0 Å². The molecule has 0 radical (unpaired) electrons. The summed E-state index contributed by atoms with van der Waals surface area (Å²) in [6, 6.07) is 3.49. The molecule has 0 unspecified atom stereocenters. The maximum absolute atomic E-state index is 12.8. The second kappa shape index (κ2) is 5.95. The first-order valence-electron chi connectivity index (χ1n) is 8.70. The number of amides is 2. The van der Waals surface area contributed by atoms with Crippen molar-refractivity contribution in [1.29, 1.82) is 0 Å². The van der Waals surface area contributed by atoms with Gasteiger partial charge in [-0.15, -0.1) is 0 Å². The van der Waals surface area contributed by atoms with Crippen molar-refractivity contribution in [3.05, 3.63) is 30.1 Å². The molecule has 2 amide bonds. The minimum atomic E-state index is 0.0411. The zero-order chi connectivity index (χ0) is 15.8. The lowest BCUT2D eigenvalue weighted by Gasteiger charge is -2.37. The van der Waals surface area contributed by atoms with Crippen LogP contribution in [0.15, 0.2) is 24.5 Å². The first kappa shape index (κ1) is 14.7. The van der Waals surface area contributed by atoms with E-state index in [9.17, 15) is 9.59 Å². The van der Waals surface area contributed by atoms with Crippen LogP contribution in [-0.4, -0.2) is 52.8 Å². The second-order valence-corrected chi connectivity index (χ2v) is 7.13. The van der Waals surface area contributed by atoms with Crippen LogP contribution in [0.4, 0.5) is 0 Å². The highest BCUT2D eigenvalue weighted by atomic mass is 16.2. The Hall–Kier alpha value is -1.91. The van der Waals surface area contributed by atoms with E-state index in [1.807, 2.05) is 9.80 Å².